The van der Waals surface area contributed by atoms with Crippen LogP contribution in [0.15, 0.2) is 0 Å². The fourth-order valence-electron chi connectivity index (χ4n) is 3.63. The summed E-state index contributed by atoms with van der Waals surface area (Å²) >= 11 is 1.74. The molecule has 1 aliphatic heterocycles. The number of carbonyl (C=O) groups is 2. The van der Waals surface area contributed by atoms with Crippen molar-refractivity contribution in [2.24, 2.45) is 0 Å². The van der Waals surface area contributed by atoms with Crippen LogP contribution in [0, 0.1) is 0 Å². The Morgan fingerprint density at radius 3 is 2.83 bits per heavy atom. The SMILES string of the molecule is CCC(=O)N1CCCC[C@@H]1C(=O)N[C@@H](C)c1nc2c(s1)CCCC2. The Labute approximate surface area is 147 Å². The van der Waals surface area contributed by atoms with E-state index < -0.39 is 0 Å². The van der Waals surface area contributed by atoms with Gasteiger partial charge in [-0.1, -0.05) is 6.92 Å². The highest BCUT2D eigenvalue weighted by Crippen LogP contribution is 2.30. The number of nitrogens with zero attached hydrogens (tertiary/aromatic N) is 2. The van der Waals surface area contributed by atoms with Gasteiger partial charge in [-0.15, -0.1) is 11.3 Å². The molecule has 1 aromatic rings. The molecule has 1 N–H and O–H groups in total. The Morgan fingerprint density at radius 2 is 2.08 bits per heavy atom. The van der Waals surface area contributed by atoms with Crippen molar-refractivity contribution in [3.63, 3.8) is 0 Å². The smallest absolute Gasteiger partial charge is 0.243 e. The van der Waals surface area contributed by atoms with E-state index in [2.05, 4.69) is 5.32 Å². The maximum absolute atomic E-state index is 12.7. The molecule has 132 valence electrons. The maximum atomic E-state index is 12.7. The lowest BCUT2D eigenvalue weighted by Gasteiger charge is -2.35. The predicted molar refractivity (Wildman–Crippen MR) is 95.0 cm³/mol. The molecule has 2 aliphatic rings. The average Bonchev–Trinajstić information content (AvgIpc) is 3.05. The van der Waals surface area contributed by atoms with Gasteiger partial charge in [0.1, 0.15) is 11.0 Å². The third kappa shape index (κ3) is 3.63. The van der Waals surface area contributed by atoms with Gasteiger partial charge in [-0.3, -0.25) is 9.59 Å². The number of amides is 2. The second-order valence-corrected chi connectivity index (χ2v) is 7.93. The lowest BCUT2D eigenvalue weighted by atomic mass is 10.0. The summed E-state index contributed by atoms with van der Waals surface area (Å²) in [5, 5.41) is 4.10. The number of hydrogen-bond acceptors (Lipinski definition) is 4. The topological polar surface area (TPSA) is 62.3 Å². The molecule has 0 bridgehead atoms. The van der Waals surface area contributed by atoms with Crippen LogP contribution in [-0.4, -0.2) is 34.3 Å². The fourth-order valence-corrected chi connectivity index (χ4v) is 4.79. The quantitative estimate of drug-likeness (QED) is 0.909. The van der Waals surface area contributed by atoms with Crippen LogP contribution in [0.2, 0.25) is 0 Å². The first-order chi connectivity index (χ1) is 11.6. The maximum Gasteiger partial charge on any atom is 0.243 e. The Hall–Kier alpha value is -1.43. The molecule has 2 amide bonds. The average molecular weight is 350 g/mol. The van der Waals surface area contributed by atoms with Crippen LogP contribution in [0.4, 0.5) is 0 Å². The summed E-state index contributed by atoms with van der Waals surface area (Å²) in [6.45, 7) is 4.55. The molecule has 1 saturated heterocycles. The molecule has 5 nitrogen and oxygen atoms in total. The van der Waals surface area contributed by atoms with Crippen LogP contribution in [0.25, 0.3) is 0 Å². The lowest BCUT2D eigenvalue weighted by molar-refractivity contribution is -0.142. The molecule has 0 saturated carbocycles. The number of hydrogen-bond donors (Lipinski definition) is 1. The van der Waals surface area contributed by atoms with E-state index in [4.69, 9.17) is 4.98 Å². The summed E-state index contributed by atoms with van der Waals surface area (Å²) < 4.78 is 0. The number of nitrogens with one attached hydrogen (secondary N) is 1. The van der Waals surface area contributed by atoms with E-state index in [0.29, 0.717) is 13.0 Å². The monoisotopic (exact) mass is 349 g/mol. The Balaban J connectivity index is 1.66. The van der Waals surface area contributed by atoms with Crippen molar-refractivity contribution in [3.05, 3.63) is 15.6 Å². The fraction of sp³-hybridized carbons (Fsp3) is 0.722. The number of aromatic nitrogens is 1. The molecule has 0 radical (unpaired) electrons. The first-order valence-electron chi connectivity index (χ1n) is 9.18. The van der Waals surface area contributed by atoms with E-state index in [9.17, 15) is 9.59 Å². The highest BCUT2D eigenvalue weighted by Gasteiger charge is 2.32. The predicted octanol–water partition coefficient (Wildman–Crippen LogP) is 2.99. The third-order valence-corrected chi connectivity index (χ3v) is 6.36. The minimum absolute atomic E-state index is 0.0304. The summed E-state index contributed by atoms with van der Waals surface area (Å²) in [6, 6.07) is -0.406. The summed E-state index contributed by atoms with van der Waals surface area (Å²) in [5.74, 6) is 0.0457. The van der Waals surface area contributed by atoms with Gasteiger partial charge in [0.25, 0.3) is 0 Å². The van der Waals surface area contributed by atoms with Crippen LogP contribution in [0.3, 0.4) is 0 Å². The summed E-state index contributed by atoms with van der Waals surface area (Å²) in [7, 11) is 0. The van der Waals surface area contributed by atoms with Gasteiger partial charge in [0, 0.05) is 17.8 Å². The van der Waals surface area contributed by atoms with E-state index >= 15 is 0 Å². The van der Waals surface area contributed by atoms with Gasteiger partial charge >= 0.3 is 0 Å². The minimum Gasteiger partial charge on any atom is -0.345 e. The highest BCUT2D eigenvalue weighted by atomic mass is 32.1. The van der Waals surface area contributed by atoms with Crippen LogP contribution in [0.5, 0.6) is 0 Å². The molecular weight excluding hydrogens is 322 g/mol. The van der Waals surface area contributed by atoms with Crippen molar-refractivity contribution in [3.8, 4) is 0 Å². The first-order valence-corrected chi connectivity index (χ1v) is 10.00. The zero-order chi connectivity index (χ0) is 17.1. The number of carbonyl (C=O) groups excluding carboxylic acids is 2. The molecule has 0 aromatic carbocycles. The second-order valence-electron chi connectivity index (χ2n) is 6.81. The van der Waals surface area contributed by atoms with E-state index in [-0.39, 0.29) is 23.9 Å². The van der Waals surface area contributed by atoms with Crippen LogP contribution in [0.1, 0.15) is 74.0 Å². The van der Waals surface area contributed by atoms with Gasteiger partial charge in [0.2, 0.25) is 11.8 Å². The molecule has 0 spiro atoms. The lowest BCUT2D eigenvalue weighted by Crippen LogP contribution is -2.52. The third-order valence-electron chi connectivity index (χ3n) is 5.02. The number of rotatable bonds is 4. The van der Waals surface area contributed by atoms with Gasteiger partial charge < -0.3 is 10.2 Å². The van der Waals surface area contributed by atoms with Gasteiger partial charge in [0.15, 0.2) is 0 Å². The number of likely N-dealkylation sites (tertiary alicyclic amines) is 1. The summed E-state index contributed by atoms with van der Waals surface area (Å²) in [4.78, 5) is 32.7. The second kappa shape index (κ2) is 7.64. The van der Waals surface area contributed by atoms with Crippen molar-refractivity contribution in [1.82, 2.24) is 15.2 Å². The molecular formula is C18H27N3O2S. The summed E-state index contributed by atoms with van der Waals surface area (Å²) in [5.41, 5.74) is 1.22. The van der Waals surface area contributed by atoms with Crippen LogP contribution >= 0.6 is 11.3 Å². The number of thiazole rings is 1. The van der Waals surface area contributed by atoms with Crippen molar-refractivity contribution < 1.29 is 9.59 Å². The zero-order valence-electron chi connectivity index (χ0n) is 14.6. The molecule has 2 heterocycles. The number of piperidine rings is 1. The minimum atomic E-state index is -0.316. The summed E-state index contributed by atoms with van der Waals surface area (Å²) in [6.07, 6.45) is 7.86. The molecule has 3 rings (SSSR count). The number of aryl methyl sites for hydroxylation is 2. The Morgan fingerprint density at radius 1 is 1.29 bits per heavy atom. The van der Waals surface area contributed by atoms with Crippen molar-refractivity contribution in [2.75, 3.05) is 6.54 Å². The normalized spacial score (nSPS) is 21.9. The highest BCUT2D eigenvalue weighted by molar-refractivity contribution is 7.11. The molecule has 6 heteroatoms. The molecule has 2 atom stereocenters. The van der Waals surface area contributed by atoms with E-state index in [0.717, 1.165) is 37.1 Å². The van der Waals surface area contributed by atoms with Gasteiger partial charge in [-0.25, -0.2) is 4.98 Å². The van der Waals surface area contributed by atoms with Crippen LogP contribution in [-0.2, 0) is 22.4 Å². The van der Waals surface area contributed by atoms with Gasteiger partial charge in [0.05, 0.1) is 11.7 Å². The molecule has 24 heavy (non-hydrogen) atoms. The van der Waals surface area contributed by atoms with Crippen molar-refractivity contribution in [2.45, 2.75) is 77.3 Å². The van der Waals surface area contributed by atoms with Crippen molar-refractivity contribution in [1.29, 1.82) is 0 Å². The van der Waals surface area contributed by atoms with Gasteiger partial charge in [-0.05, 0) is 51.9 Å². The van der Waals surface area contributed by atoms with Crippen molar-refractivity contribution >= 4 is 23.2 Å². The van der Waals surface area contributed by atoms with Crippen LogP contribution < -0.4 is 5.32 Å². The van der Waals surface area contributed by atoms with E-state index in [1.807, 2.05) is 13.8 Å². The molecule has 1 aromatic heterocycles. The largest absolute Gasteiger partial charge is 0.345 e. The van der Waals surface area contributed by atoms with E-state index in [1.165, 1.54) is 23.4 Å². The molecule has 1 aliphatic carbocycles. The van der Waals surface area contributed by atoms with E-state index in [1.54, 1.807) is 16.2 Å². The molecule has 0 unspecified atom stereocenters. The van der Waals surface area contributed by atoms with Gasteiger partial charge in [-0.2, -0.15) is 0 Å². The Bertz CT molecular complexity index is 590. The zero-order valence-corrected chi connectivity index (χ0v) is 15.5. The first kappa shape index (κ1) is 17.4. The Kier molecular flexibility index (Phi) is 5.54. The standard InChI is InChI=1S/C18H27N3O2S/c1-3-16(22)21-11-7-6-9-14(21)17(23)19-12(2)18-20-13-8-4-5-10-15(13)24-18/h12,14H,3-11H2,1-2H3,(H,19,23)/t12-,14+/m0/s1. The number of fused-ring (bicyclic) bond motifs is 1. The molecule has 1 fully saturated rings.